The smallest absolute Gasteiger partial charge is 0.0112 e. The molecule has 0 aromatic heterocycles. The highest BCUT2D eigenvalue weighted by Gasteiger charge is 2.16. The van der Waals surface area contributed by atoms with E-state index < -0.39 is 0 Å². The normalized spacial score (nSPS) is 13.6. The molecule has 0 rings (SSSR count). The number of rotatable bonds is 4. The van der Waals surface area contributed by atoms with Crippen molar-refractivity contribution in [2.45, 2.75) is 33.6 Å². The van der Waals surface area contributed by atoms with Crippen LogP contribution >= 0.6 is 0 Å². The molecular formula is C11H18. The maximum Gasteiger partial charge on any atom is 0.0112 e. The van der Waals surface area contributed by atoms with Crippen molar-refractivity contribution in [2.24, 2.45) is 11.3 Å². The Balaban J connectivity index is 3.84. The molecular weight excluding hydrogens is 132 g/mol. The van der Waals surface area contributed by atoms with Crippen molar-refractivity contribution in [3.8, 4) is 12.3 Å². The van der Waals surface area contributed by atoms with Gasteiger partial charge in [-0.15, -0.1) is 18.9 Å². The van der Waals surface area contributed by atoms with Crippen molar-refractivity contribution in [3.63, 3.8) is 0 Å². The molecule has 0 aliphatic carbocycles. The Morgan fingerprint density at radius 2 is 2.18 bits per heavy atom. The highest BCUT2D eigenvalue weighted by molar-refractivity contribution is 4.92. The second kappa shape index (κ2) is 4.23. The third-order valence-corrected chi connectivity index (χ3v) is 1.89. The van der Waals surface area contributed by atoms with Crippen LogP contribution in [0.2, 0.25) is 0 Å². The average Bonchev–Trinajstić information content (AvgIpc) is 1.87. The fourth-order valence-corrected chi connectivity index (χ4v) is 1.25. The molecule has 0 aliphatic rings. The molecule has 0 spiro atoms. The topological polar surface area (TPSA) is 0 Å². The third-order valence-electron chi connectivity index (χ3n) is 1.89. The number of hydrogen-bond donors (Lipinski definition) is 0. The minimum atomic E-state index is 0.232. The van der Waals surface area contributed by atoms with Crippen molar-refractivity contribution < 1.29 is 0 Å². The molecule has 62 valence electrons. The molecule has 0 saturated carbocycles. The van der Waals surface area contributed by atoms with Gasteiger partial charge in [-0.1, -0.05) is 26.8 Å². The Morgan fingerprint density at radius 3 is 2.55 bits per heavy atom. The zero-order valence-electron chi connectivity index (χ0n) is 7.85. The average molecular weight is 150 g/mol. The van der Waals surface area contributed by atoms with Crippen LogP contribution < -0.4 is 0 Å². The van der Waals surface area contributed by atoms with Crippen LogP contribution in [0.4, 0.5) is 0 Å². The zero-order chi connectivity index (χ0) is 8.91. The van der Waals surface area contributed by atoms with Gasteiger partial charge >= 0.3 is 0 Å². The van der Waals surface area contributed by atoms with Crippen LogP contribution in [0.15, 0.2) is 12.7 Å². The van der Waals surface area contributed by atoms with E-state index in [1.807, 2.05) is 6.08 Å². The van der Waals surface area contributed by atoms with Gasteiger partial charge in [0.2, 0.25) is 0 Å². The molecule has 0 N–H and O–H groups in total. The van der Waals surface area contributed by atoms with Crippen LogP contribution in [0.5, 0.6) is 0 Å². The second-order valence-electron chi connectivity index (χ2n) is 3.91. The first-order chi connectivity index (χ1) is 5.02. The first-order valence-electron chi connectivity index (χ1n) is 4.09. The highest BCUT2D eigenvalue weighted by Crippen LogP contribution is 2.27. The summed E-state index contributed by atoms with van der Waals surface area (Å²) in [7, 11) is 0. The van der Waals surface area contributed by atoms with Gasteiger partial charge in [0, 0.05) is 6.42 Å². The van der Waals surface area contributed by atoms with Crippen molar-refractivity contribution in [1.29, 1.82) is 0 Å². The maximum atomic E-state index is 5.21. The first kappa shape index (κ1) is 10.3. The summed E-state index contributed by atoms with van der Waals surface area (Å²) in [5.74, 6) is 3.28. The van der Waals surface area contributed by atoms with Gasteiger partial charge in [-0.3, -0.25) is 0 Å². The number of hydrogen-bond acceptors (Lipinski definition) is 0. The van der Waals surface area contributed by atoms with Crippen LogP contribution in [-0.2, 0) is 0 Å². The number of terminal acetylenes is 1. The molecule has 0 aromatic rings. The Hall–Kier alpha value is -0.700. The van der Waals surface area contributed by atoms with E-state index in [2.05, 4.69) is 33.3 Å². The minimum Gasteiger partial charge on any atom is -0.120 e. The van der Waals surface area contributed by atoms with Gasteiger partial charge in [0.25, 0.3) is 0 Å². The van der Waals surface area contributed by atoms with Crippen LogP contribution in [0.25, 0.3) is 0 Å². The summed E-state index contributed by atoms with van der Waals surface area (Å²) in [6.45, 7) is 10.4. The molecule has 0 aliphatic heterocycles. The van der Waals surface area contributed by atoms with Gasteiger partial charge in [0.1, 0.15) is 0 Å². The lowest BCUT2D eigenvalue weighted by molar-refractivity contribution is 0.354. The van der Waals surface area contributed by atoms with Gasteiger partial charge in [-0.05, 0) is 17.8 Å². The summed E-state index contributed by atoms with van der Waals surface area (Å²) in [6, 6.07) is 0. The van der Waals surface area contributed by atoms with E-state index in [0.29, 0.717) is 5.92 Å². The molecule has 0 bridgehead atoms. The molecule has 11 heavy (non-hydrogen) atoms. The van der Waals surface area contributed by atoms with Crippen LogP contribution in [0.3, 0.4) is 0 Å². The van der Waals surface area contributed by atoms with E-state index in [1.54, 1.807) is 0 Å². The van der Waals surface area contributed by atoms with Crippen LogP contribution in [0.1, 0.15) is 33.6 Å². The molecule has 0 amide bonds. The van der Waals surface area contributed by atoms with Crippen molar-refractivity contribution in [3.05, 3.63) is 12.7 Å². The van der Waals surface area contributed by atoms with Gasteiger partial charge in [-0.25, -0.2) is 0 Å². The Labute approximate surface area is 70.7 Å². The van der Waals surface area contributed by atoms with E-state index in [9.17, 15) is 0 Å². The van der Waals surface area contributed by atoms with Gasteiger partial charge in [-0.2, -0.15) is 0 Å². The summed E-state index contributed by atoms with van der Waals surface area (Å²) in [5, 5.41) is 0. The lowest BCUT2D eigenvalue weighted by Gasteiger charge is -2.22. The summed E-state index contributed by atoms with van der Waals surface area (Å²) in [5.41, 5.74) is 0.232. The summed E-state index contributed by atoms with van der Waals surface area (Å²) in [6.07, 6.45) is 9.21. The molecule has 1 unspecified atom stereocenters. The van der Waals surface area contributed by atoms with Crippen LogP contribution in [0, 0.1) is 23.7 Å². The predicted molar refractivity (Wildman–Crippen MR) is 51.2 cm³/mol. The molecule has 0 fully saturated rings. The van der Waals surface area contributed by atoms with E-state index >= 15 is 0 Å². The fourth-order valence-electron chi connectivity index (χ4n) is 1.25. The first-order valence-corrected chi connectivity index (χ1v) is 4.09. The minimum absolute atomic E-state index is 0.232. The lowest BCUT2D eigenvalue weighted by Crippen LogP contribution is -2.11. The largest absolute Gasteiger partial charge is 0.120 e. The summed E-state index contributed by atoms with van der Waals surface area (Å²) < 4.78 is 0. The van der Waals surface area contributed by atoms with E-state index in [4.69, 9.17) is 6.42 Å². The summed E-state index contributed by atoms with van der Waals surface area (Å²) >= 11 is 0. The number of allylic oxidation sites excluding steroid dienone is 1. The lowest BCUT2D eigenvalue weighted by atomic mass is 9.82. The maximum absolute atomic E-state index is 5.21. The fraction of sp³-hybridized carbons (Fsp3) is 0.636. The quantitative estimate of drug-likeness (QED) is 0.426. The van der Waals surface area contributed by atoms with Gasteiger partial charge in [0.15, 0.2) is 0 Å². The van der Waals surface area contributed by atoms with E-state index in [1.165, 1.54) is 0 Å². The molecule has 0 heteroatoms. The molecule has 0 nitrogen and oxygen atoms in total. The standard InChI is InChI=1S/C11H18/c1-6-8-10(3)9-11(4,5)7-2/h1,7,10H,2,8-9H2,3-5H3. The molecule has 0 heterocycles. The summed E-state index contributed by atoms with van der Waals surface area (Å²) in [4.78, 5) is 0. The Bertz CT molecular complexity index is 157. The van der Waals surface area contributed by atoms with E-state index in [0.717, 1.165) is 12.8 Å². The zero-order valence-corrected chi connectivity index (χ0v) is 7.85. The highest BCUT2D eigenvalue weighted by atomic mass is 14.2. The predicted octanol–water partition coefficient (Wildman–Crippen LogP) is 3.25. The van der Waals surface area contributed by atoms with Crippen molar-refractivity contribution in [2.75, 3.05) is 0 Å². The van der Waals surface area contributed by atoms with Crippen molar-refractivity contribution >= 4 is 0 Å². The second-order valence-corrected chi connectivity index (χ2v) is 3.91. The third kappa shape index (κ3) is 4.67. The van der Waals surface area contributed by atoms with Gasteiger partial charge in [0.05, 0.1) is 0 Å². The monoisotopic (exact) mass is 150 g/mol. The molecule has 0 saturated heterocycles. The van der Waals surface area contributed by atoms with Gasteiger partial charge < -0.3 is 0 Å². The molecule has 0 aromatic carbocycles. The Morgan fingerprint density at radius 1 is 1.64 bits per heavy atom. The van der Waals surface area contributed by atoms with Crippen molar-refractivity contribution in [1.82, 2.24) is 0 Å². The Kier molecular flexibility index (Phi) is 3.97. The molecule has 0 radical (unpaired) electrons. The van der Waals surface area contributed by atoms with Crippen LogP contribution in [-0.4, -0.2) is 0 Å². The molecule has 1 atom stereocenters. The van der Waals surface area contributed by atoms with E-state index in [-0.39, 0.29) is 5.41 Å². The SMILES string of the molecule is C#CCC(C)CC(C)(C)C=C.